The fourth-order valence-corrected chi connectivity index (χ4v) is 8.01. The van der Waals surface area contributed by atoms with Gasteiger partial charge in [0.05, 0.1) is 16.4 Å². The fraction of sp³-hybridized carbons (Fsp3) is 0.0667. The van der Waals surface area contributed by atoms with Crippen LogP contribution in [0.4, 0.5) is 11.4 Å². The van der Waals surface area contributed by atoms with Crippen LogP contribution in [0.2, 0.25) is 0 Å². The average molecular weight is 617 g/mol. The van der Waals surface area contributed by atoms with Crippen LogP contribution < -0.4 is 4.90 Å². The molecular formula is C45H32N2O. The maximum atomic E-state index is 6.48. The first-order valence-corrected chi connectivity index (χ1v) is 16.8. The quantitative estimate of drug-likeness (QED) is 0.196. The lowest BCUT2D eigenvalue weighted by molar-refractivity contribution is 0.673. The molecule has 0 spiro atoms. The lowest BCUT2D eigenvalue weighted by Crippen LogP contribution is -2.27. The average Bonchev–Trinajstić information content (AvgIpc) is 3.71. The van der Waals surface area contributed by atoms with Gasteiger partial charge >= 0.3 is 0 Å². The van der Waals surface area contributed by atoms with E-state index < -0.39 is 0 Å². The van der Waals surface area contributed by atoms with Crippen LogP contribution in [0, 0.1) is 0 Å². The van der Waals surface area contributed by atoms with Crippen molar-refractivity contribution in [3.8, 4) is 16.8 Å². The van der Waals surface area contributed by atoms with Gasteiger partial charge in [-0.2, -0.15) is 0 Å². The predicted octanol–water partition coefficient (Wildman–Crippen LogP) is 12.0. The summed E-state index contributed by atoms with van der Waals surface area (Å²) in [6, 6.07) is 59.2. The summed E-state index contributed by atoms with van der Waals surface area (Å²) in [5.41, 5.74) is 13.1. The number of furan rings is 1. The van der Waals surface area contributed by atoms with E-state index in [0.29, 0.717) is 5.92 Å². The zero-order valence-corrected chi connectivity index (χ0v) is 26.4. The van der Waals surface area contributed by atoms with Gasteiger partial charge in [-0.05, 0) is 83.3 Å². The first-order valence-electron chi connectivity index (χ1n) is 16.8. The Morgan fingerprint density at radius 1 is 0.500 bits per heavy atom. The Morgan fingerprint density at radius 3 is 1.98 bits per heavy atom. The van der Waals surface area contributed by atoms with Crippen molar-refractivity contribution in [1.29, 1.82) is 0 Å². The molecule has 0 bridgehead atoms. The number of rotatable bonds is 4. The third kappa shape index (κ3) is 4.14. The number of aromatic nitrogens is 1. The van der Waals surface area contributed by atoms with E-state index in [4.69, 9.17) is 4.42 Å². The molecule has 1 aliphatic heterocycles. The van der Waals surface area contributed by atoms with E-state index in [0.717, 1.165) is 51.5 Å². The Morgan fingerprint density at radius 2 is 1.17 bits per heavy atom. The number of para-hydroxylation sites is 3. The molecule has 7 aromatic carbocycles. The van der Waals surface area contributed by atoms with Crippen LogP contribution in [-0.4, -0.2) is 11.1 Å². The van der Waals surface area contributed by atoms with E-state index in [1.54, 1.807) is 0 Å². The van der Waals surface area contributed by atoms with Crippen molar-refractivity contribution < 1.29 is 4.42 Å². The maximum absolute atomic E-state index is 6.48. The highest BCUT2D eigenvalue weighted by atomic mass is 16.3. The fourth-order valence-electron chi connectivity index (χ4n) is 8.01. The van der Waals surface area contributed by atoms with Crippen molar-refractivity contribution >= 4 is 55.1 Å². The van der Waals surface area contributed by atoms with Crippen LogP contribution in [0.5, 0.6) is 0 Å². The molecule has 228 valence electrons. The second-order valence-electron chi connectivity index (χ2n) is 12.8. The number of anilines is 2. The molecule has 0 fully saturated rings. The van der Waals surface area contributed by atoms with Gasteiger partial charge in [-0.25, -0.2) is 0 Å². The highest BCUT2D eigenvalue weighted by Crippen LogP contribution is 2.43. The monoisotopic (exact) mass is 616 g/mol. The molecule has 3 nitrogen and oxygen atoms in total. The molecule has 10 rings (SSSR count). The van der Waals surface area contributed by atoms with Gasteiger partial charge in [0.2, 0.25) is 0 Å². The Hall–Kier alpha value is -6.06. The second-order valence-corrected chi connectivity index (χ2v) is 12.8. The summed E-state index contributed by atoms with van der Waals surface area (Å²) in [6.07, 6.45) is 1.09. The number of fused-ring (bicyclic) bond motifs is 8. The molecular weight excluding hydrogens is 585 g/mol. The van der Waals surface area contributed by atoms with Crippen LogP contribution >= 0.6 is 0 Å². The predicted molar refractivity (Wildman–Crippen MR) is 200 cm³/mol. The van der Waals surface area contributed by atoms with E-state index in [1.807, 2.05) is 6.07 Å². The molecule has 0 aliphatic carbocycles. The molecule has 3 heteroatoms. The van der Waals surface area contributed by atoms with E-state index in [-0.39, 0.29) is 0 Å². The van der Waals surface area contributed by atoms with Gasteiger partial charge in [-0.15, -0.1) is 0 Å². The minimum Gasteiger partial charge on any atom is -0.455 e. The van der Waals surface area contributed by atoms with Crippen molar-refractivity contribution in [1.82, 2.24) is 4.57 Å². The third-order valence-corrected chi connectivity index (χ3v) is 10.3. The minimum absolute atomic E-state index is 0.427. The minimum atomic E-state index is 0.427. The summed E-state index contributed by atoms with van der Waals surface area (Å²) in [5, 5.41) is 4.67. The first kappa shape index (κ1) is 27.1. The van der Waals surface area contributed by atoms with Crippen LogP contribution in [-0.2, 0) is 0 Å². The van der Waals surface area contributed by atoms with E-state index in [1.165, 1.54) is 44.5 Å². The largest absolute Gasteiger partial charge is 0.455 e. The second kappa shape index (κ2) is 10.8. The smallest absolute Gasteiger partial charge is 0.145 e. The van der Waals surface area contributed by atoms with Gasteiger partial charge in [0.25, 0.3) is 0 Å². The number of hydrogen-bond donors (Lipinski definition) is 0. The van der Waals surface area contributed by atoms with E-state index in [9.17, 15) is 0 Å². The molecule has 48 heavy (non-hydrogen) atoms. The van der Waals surface area contributed by atoms with Crippen molar-refractivity contribution in [2.24, 2.45) is 0 Å². The summed E-state index contributed by atoms with van der Waals surface area (Å²) < 4.78 is 8.84. The molecule has 1 aliphatic rings. The van der Waals surface area contributed by atoms with Crippen molar-refractivity contribution in [2.45, 2.75) is 12.3 Å². The molecule has 3 heterocycles. The molecule has 1 unspecified atom stereocenters. The van der Waals surface area contributed by atoms with Gasteiger partial charge in [-0.3, -0.25) is 0 Å². The molecule has 0 N–H and O–H groups in total. The van der Waals surface area contributed by atoms with Crippen LogP contribution in [0.1, 0.15) is 23.5 Å². The van der Waals surface area contributed by atoms with Crippen LogP contribution in [0.3, 0.4) is 0 Å². The summed E-state index contributed by atoms with van der Waals surface area (Å²) >= 11 is 0. The van der Waals surface area contributed by atoms with Crippen molar-refractivity contribution in [3.63, 3.8) is 0 Å². The van der Waals surface area contributed by atoms with Gasteiger partial charge in [-0.1, -0.05) is 109 Å². The number of nitrogens with zero attached hydrogens (tertiary/aromatic N) is 2. The lowest BCUT2D eigenvalue weighted by atomic mass is 9.84. The van der Waals surface area contributed by atoms with Crippen LogP contribution in [0.25, 0.3) is 60.6 Å². The normalized spacial score (nSPS) is 14.7. The number of hydrogen-bond acceptors (Lipinski definition) is 2. The highest BCUT2D eigenvalue weighted by Gasteiger charge is 2.27. The third-order valence-electron chi connectivity index (χ3n) is 10.3. The molecule has 0 saturated heterocycles. The maximum Gasteiger partial charge on any atom is 0.145 e. The Bertz CT molecular complexity index is 2610. The van der Waals surface area contributed by atoms with Gasteiger partial charge in [0.1, 0.15) is 11.2 Å². The SMILES string of the molecule is c1ccc(C2CCN(c3ccc(-c4ccc(-n5c6ccccc6c6c7oc8ccccc8c7ccc65)cc4)cc3)c3ccccc32)cc1. The molecule has 1 atom stereocenters. The topological polar surface area (TPSA) is 21.3 Å². The number of benzene rings is 7. The summed E-state index contributed by atoms with van der Waals surface area (Å²) in [6.45, 7) is 0.990. The van der Waals surface area contributed by atoms with E-state index >= 15 is 0 Å². The first-order chi connectivity index (χ1) is 23.8. The Labute approximate surface area is 278 Å². The van der Waals surface area contributed by atoms with Gasteiger partial charge in [0.15, 0.2) is 0 Å². The summed E-state index contributed by atoms with van der Waals surface area (Å²) in [5.74, 6) is 0.427. The Kier molecular flexibility index (Phi) is 6.07. The van der Waals surface area contributed by atoms with Crippen LogP contribution in [0.15, 0.2) is 168 Å². The van der Waals surface area contributed by atoms with Gasteiger partial charge < -0.3 is 13.9 Å². The molecule has 0 radical (unpaired) electrons. The highest BCUT2D eigenvalue weighted by molar-refractivity contribution is 6.23. The standard InChI is InChI=1S/C45H32N2O/c1-2-10-32(11-3-1)35-28-29-46(40-15-7-4-12-36(35)40)33-22-18-30(19-23-33)31-20-24-34(25-21-31)47-41-16-8-5-14-39(41)44-42(47)27-26-38-37-13-6-9-17-43(37)48-45(38)44/h1-27,35H,28-29H2. The zero-order valence-electron chi connectivity index (χ0n) is 26.4. The zero-order chi connectivity index (χ0) is 31.6. The lowest BCUT2D eigenvalue weighted by Gasteiger charge is -2.36. The molecule has 9 aromatic rings. The van der Waals surface area contributed by atoms with E-state index in [2.05, 4.69) is 167 Å². The summed E-state index contributed by atoms with van der Waals surface area (Å²) in [4.78, 5) is 2.48. The van der Waals surface area contributed by atoms with Gasteiger partial charge in [0, 0.05) is 45.7 Å². The molecule has 2 aromatic heterocycles. The molecule has 0 saturated carbocycles. The van der Waals surface area contributed by atoms with Crippen molar-refractivity contribution in [2.75, 3.05) is 11.4 Å². The molecule has 0 amide bonds. The summed E-state index contributed by atoms with van der Waals surface area (Å²) in [7, 11) is 0. The Balaban J connectivity index is 0.994. The van der Waals surface area contributed by atoms with Crippen molar-refractivity contribution in [3.05, 3.63) is 175 Å².